The molecule has 134 valence electrons. The SMILES string of the molecule is COc1ccc(CCNc2cc(N3CCN(C)CC3)nc(C)n2)cc1. The third-order valence-electron chi connectivity index (χ3n) is 4.53. The minimum Gasteiger partial charge on any atom is -0.497 e. The highest BCUT2D eigenvalue weighted by Gasteiger charge is 2.16. The largest absolute Gasteiger partial charge is 0.497 e. The van der Waals surface area contributed by atoms with Crippen LogP contribution in [0.15, 0.2) is 30.3 Å². The number of piperazine rings is 1. The van der Waals surface area contributed by atoms with E-state index >= 15 is 0 Å². The van der Waals surface area contributed by atoms with Gasteiger partial charge in [-0.25, -0.2) is 9.97 Å². The third kappa shape index (κ3) is 4.82. The summed E-state index contributed by atoms with van der Waals surface area (Å²) >= 11 is 0. The fourth-order valence-electron chi connectivity index (χ4n) is 2.97. The van der Waals surface area contributed by atoms with Crippen molar-refractivity contribution < 1.29 is 4.74 Å². The maximum Gasteiger partial charge on any atom is 0.134 e. The van der Waals surface area contributed by atoms with E-state index in [4.69, 9.17) is 4.74 Å². The second-order valence-corrected chi connectivity index (χ2v) is 6.47. The lowest BCUT2D eigenvalue weighted by Crippen LogP contribution is -2.44. The van der Waals surface area contributed by atoms with Crippen molar-refractivity contribution in [3.05, 3.63) is 41.7 Å². The van der Waals surface area contributed by atoms with Crippen LogP contribution in [0.3, 0.4) is 0 Å². The van der Waals surface area contributed by atoms with E-state index in [0.29, 0.717) is 0 Å². The number of aryl methyl sites for hydroxylation is 1. The zero-order chi connectivity index (χ0) is 17.6. The van der Waals surface area contributed by atoms with Gasteiger partial charge in [0, 0.05) is 38.8 Å². The third-order valence-corrected chi connectivity index (χ3v) is 4.53. The predicted octanol–water partition coefficient (Wildman–Crippen LogP) is 2.20. The lowest BCUT2D eigenvalue weighted by atomic mass is 10.1. The number of methoxy groups -OCH3 is 1. The van der Waals surface area contributed by atoms with E-state index in [1.807, 2.05) is 19.1 Å². The topological polar surface area (TPSA) is 53.5 Å². The number of nitrogens with one attached hydrogen (secondary N) is 1. The Balaban J connectivity index is 1.58. The van der Waals surface area contributed by atoms with Crippen molar-refractivity contribution >= 4 is 11.6 Å². The van der Waals surface area contributed by atoms with Gasteiger partial charge in [-0.2, -0.15) is 0 Å². The Kier molecular flexibility index (Phi) is 5.71. The van der Waals surface area contributed by atoms with Crippen LogP contribution in [0.25, 0.3) is 0 Å². The summed E-state index contributed by atoms with van der Waals surface area (Å²) in [5.74, 6) is 3.62. The molecule has 0 spiro atoms. The van der Waals surface area contributed by atoms with Gasteiger partial charge < -0.3 is 19.9 Å². The molecule has 6 heteroatoms. The van der Waals surface area contributed by atoms with Gasteiger partial charge in [0.2, 0.25) is 0 Å². The van der Waals surface area contributed by atoms with Crippen molar-refractivity contribution in [2.24, 2.45) is 0 Å². The summed E-state index contributed by atoms with van der Waals surface area (Å²) in [6.07, 6.45) is 0.941. The van der Waals surface area contributed by atoms with Crippen LogP contribution in [0.2, 0.25) is 0 Å². The number of likely N-dealkylation sites (N-methyl/N-ethyl adjacent to an activating group) is 1. The molecule has 1 N–H and O–H groups in total. The Morgan fingerprint density at radius 2 is 1.80 bits per heavy atom. The molecule has 2 heterocycles. The lowest BCUT2D eigenvalue weighted by molar-refractivity contribution is 0.312. The average Bonchev–Trinajstić information content (AvgIpc) is 2.62. The van der Waals surface area contributed by atoms with Crippen molar-refractivity contribution in [1.29, 1.82) is 0 Å². The number of ether oxygens (including phenoxy) is 1. The fraction of sp³-hybridized carbons (Fsp3) is 0.474. The molecule has 0 atom stereocenters. The number of nitrogens with zero attached hydrogens (tertiary/aromatic N) is 4. The summed E-state index contributed by atoms with van der Waals surface area (Å²) in [5.41, 5.74) is 1.28. The van der Waals surface area contributed by atoms with Crippen LogP contribution in [0.1, 0.15) is 11.4 Å². The molecule has 1 aliphatic rings. The van der Waals surface area contributed by atoms with Crippen LogP contribution >= 0.6 is 0 Å². The van der Waals surface area contributed by atoms with E-state index in [1.54, 1.807) is 7.11 Å². The van der Waals surface area contributed by atoms with E-state index in [0.717, 1.165) is 62.4 Å². The molecule has 1 aromatic carbocycles. The maximum atomic E-state index is 5.19. The minimum atomic E-state index is 0.809. The van der Waals surface area contributed by atoms with E-state index in [2.05, 4.69) is 50.3 Å². The molecule has 0 bridgehead atoms. The van der Waals surface area contributed by atoms with E-state index in [-0.39, 0.29) is 0 Å². The molecule has 1 aliphatic heterocycles. The highest BCUT2D eigenvalue weighted by Crippen LogP contribution is 2.18. The number of aromatic nitrogens is 2. The van der Waals surface area contributed by atoms with Gasteiger partial charge in [-0.1, -0.05) is 12.1 Å². The van der Waals surface area contributed by atoms with Crippen LogP contribution in [-0.2, 0) is 6.42 Å². The quantitative estimate of drug-likeness (QED) is 0.869. The highest BCUT2D eigenvalue weighted by molar-refractivity contribution is 5.50. The molecule has 1 aromatic heterocycles. The first-order chi connectivity index (χ1) is 12.1. The summed E-state index contributed by atoms with van der Waals surface area (Å²) in [7, 11) is 3.85. The first-order valence-corrected chi connectivity index (χ1v) is 8.80. The molecule has 3 rings (SSSR count). The predicted molar refractivity (Wildman–Crippen MR) is 102 cm³/mol. The van der Waals surface area contributed by atoms with Gasteiger partial charge in [-0.3, -0.25) is 0 Å². The van der Waals surface area contributed by atoms with Gasteiger partial charge in [0.15, 0.2) is 0 Å². The number of anilines is 2. The smallest absolute Gasteiger partial charge is 0.134 e. The van der Waals surface area contributed by atoms with Crippen LogP contribution in [-0.4, -0.2) is 61.7 Å². The van der Waals surface area contributed by atoms with Crippen LogP contribution in [0.4, 0.5) is 11.6 Å². The van der Waals surface area contributed by atoms with Crippen molar-refractivity contribution in [2.75, 3.05) is 57.1 Å². The summed E-state index contributed by atoms with van der Waals surface area (Å²) in [5, 5.41) is 3.43. The normalized spacial score (nSPS) is 15.2. The highest BCUT2D eigenvalue weighted by atomic mass is 16.5. The Hall–Kier alpha value is -2.34. The molecule has 0 aliphatic carbocycles. The Morgan fingerprint density at radius 3 is 2.48 bits per heavy atom. The number of hydrogen-bond acceptors (Lipinski definition) is 6. The van der Waals surface area contributed by atoms with Gasteiger partial charge in [0.25, 0.3) is 0 Å². The molecule has 2 aromatic rings. The minimum absolute atomic E-state index is 0.809. The second-order valence-electron chi connectivity index (χ2n) is 6.47. The molecule has 0 unspecified atom stereocenters. The summed E-state index contributed by atoms with van der Waals surface area (Å²) in [6, 6.07) is 10.3. The second kappa shape index (κ2) is 8.16. The zero-order valence-electron chi connectivity index (χ0n) is 15.3. The van der Waals surface area contributed by atoms with Gasteiger partial charge in [0.05, 0.1) is 7.11 Å². The summed E-state index contributed by atoms with van der Waals surface area (Å²) in [6.45, 7) is 6.96. The van der Waals surface area contributed by atoms with Crippen LogP contribution in [0.5, 0.6) is 5.75 Å². The maximum absolute atomic E-state index is 5.19. The van der Waals surface area contributed by atoms with Gasteiger partial charge in [0.1, 0.15) is 23.2 Å². The lowest BCUT2D eigenvalue weighted by Gasteiger charge is -2.33. The van der Waals surface area contributed by atoms with E-state index < -0.39 is 0 Å². The fourth-order valence-corrected chi connectivity index (χ4v) is 2.97. The van der Waals surface area contributed by atoms with E-state index in [1.165, 1.54) is 5.56 Å². The summed E-state index contributed by atoms with van der Waals surface area (Å²) in [4.78, 5) is 13.8. The van der Waals surface area contributed by atoms with Gasteiger partial charge >= 0.3 is 0 Å². The first kappa shape index (κ1) is 17.5. The van der Waals surface area contributed by atoms with Crippen LogP contribution in [0, 0.1) is 6.92 Å². The molecule has 0 radical (unpaired) electrons. The van der Waals surface area contributed by atoms with Crippen molar-refractivity contribution in [1.82, 2.24) is 14.9 Å². The average molecular weight is 341 g/mol. The molecule has 0 amide bonds. The van der Waals surface area contributed by atoms with Crippen molar-refractivity contribution in [3.8, 4) is 5.75 Å². The first-order valence-electron chi connectivity index (χ1n) is 8.80. The van der Waals surface area contributed by atoms with Gasteiger partial charge in [-0.15, -0.1) is 0 Å². The molecular weight excluding hydrogens is 314 g/mol. The van der Waals surface area contributed by atoms with Crippen molar-refractivity contribution in [3.63, 3.8) is 0 Å². The molecule has 1 saturated heterocycles. The molecule has 1 fully saturated rings. The molecular formula is C19H27N5O. The standard InChI is InChI=1S/C19H27N5O/c1-15-21-18(14-19(22-15)24-12-10-23(2)11-13-24)20-9-8-16-4-6-17(25-3)7-5-16/h4-7,14H,8-13H2,1-3H3,(H,20,21,22). The molecule has 25 heavy (non-hydrogen) atoms. The Labute approximate surface area is 149 Å². The van der Waals surface area contributed by atoms with Gasteiger partial charge in [-0.05, 0) is 38.1 Å². The number of hydrogen-bond donors (Lipinski definition) is 1. The Morgan fingerprint density at radius 1 is 1.08 bits per heavy atom. The summed E-state index contributed by atoms with van der Waals surface area (Å²) < 4.78 is 5.19. The van der Waals surface area contributed by atoms with Crippen molar-refractivity contribution in [2.45, 2.75) is 13.3 Å². The molecule has 0 saturated carbocycles. The van der Waals surface area contributed by atoms with E-state index in [9.17, 15) is 0 Å². The number of rotatable bonds is 6. The monoisotopic (exact) mass is 341 g/mol. The number of benzene rings is 1. The van der Waals surface area contributed by atoms with Crippen LogP contribution < -0.4 is 15.0 Å². The Bertz CT molecular complexity index is 681. The molecule has 6 nitrogen and oxygen atoms in total. The zero-order valence-corrected chi connectivity index (χ0v) is 15.3.